The van der Waals surface area contributed by atoms with Crippen molar-refractivity contribution in [3.8, 4) is 0 Å². The first-order valence-electron chi connectivity index (χ1n) is 7.33. The van der Waals surface area contributed by atoms with Gasteiger partial charge in [0.1, 0.15) is 0 Å². The Bertz CT molecular complexity index is 669. The standard InChI is InChI=1S/C13H19N3O4S2/c1-8(21-13-15-14-11(20-13)9-3-4-9)12(17)16(2)10-5-6-22(18,19)7-10/h8-10H,3-7H2,1-2H3/t8-,10+/m1/s1. The van der Waals surface area contributed by atoms with Gasteiger partial charge in [-0.05, 0) is 26.2 Å². The highest BCUT2D eigenvalue weighted by molar-refractivity contribution is 8.00. The summed E-state index contributed by atoms with van der Waals surface area (Å²) in [5.74, 6) is 1.14. The van der Waals surface area contributed by atoms with E-state index in [1.54, 1.807) is 18.9 Å². The van der Waals surface area contributed by atoms with Crippen LogP contribution in [0.2, 0.25) is 0 Å². The number of amides is 1. The molecule has 0 bridgehead atoms. The first kappa shape index (κ1) is 15.8. The highest BCUT2D eigenvalue weighted by atomic mass is 32.2. The maximum Gasteiger partial charge on any atom is 0.277 e. The zero-order valence-corrected chi connectivity index (χ0v) is 14.2. The van der Waals surface area contributed by atoms with E-state index < -0.39 is 9.84 Å². The average Bonchev–Trinajstić information content (AvgIpc) is 3.11. The summed E-state index contributed by atoms with van der Waals surface area (Å²) in [7, 11) is -1.34. The van der Waals surface area contributed by atoms with Crippen LogP contribution in [-0.4, -0.2) is 59.3 Å². The summed E-state index contributed by atoms with van der Waals surface area (Å²) in [6.45, 7) is 1.77. The third-order valence-corrected chi connectivity index (χ3v) is 6.75. The molecule has 0 spiro atoms. The van der Waals surface area contributed by atoms with Crippen LogP contribution in [0.4, 0.5) is 0 Å². The lowest BCUT2D eigenvalue weighted by Gasteiger charge is -2.25. The van der Waals surface area contributed by atoms with Crippen molar-refractivity contribution in [2.24, 2.45) is 0 Å². The van der Waals surface area contributed by atoms with E-state index in [9.17, 15) is 13.2 Å². The van der Waals surface area contributed by atoms with Gasteiger partial charge < -0.3 is 9.32 Å². The van der Waals surface area contributed by atoms with Gasteiger partial charge in [0, 0.05) is 19.0 Å². The van der Waals surface area contributed by atoms with Crippen LogP contribution in [0.5, 0.6) is 0 Å². The third-order valence-electron chi connectivity index (χ3n) is 4.08. The Morgan fingerprint density at radius 2 is 2.09 bits per heavy atom. The molecule has 0 aromatic carbocycles. The number of sulfone groups is 1. The Morgan fingerprint density at radius 3 is 2.68 bits per heavy atom. The Balaban J connectivity index is 1.58. The number of thioether (sulfide) groups is 1. The molecule has 7 nitrogen and oxygen atoms in total. The van der Waals surface area contributed by atoms with E-state index in [-0.39, 0.29) is 28.7 Å². The van der Waals surface area contributed by atoms with Crippen LogP contribution in [0.15, 0.2) is 9.64 Å². The lowest BCUT2D eigenvalue weighted by atomic mass is 10.2. The summed E-state index contributed by atoms with van der Waals surface area (Å²) in [5, 5.41) is 7.96. The van der Waals surface area contributed by atoms with E-state index in [4.69, 9.17) is 4.42 Å². The van der Waals surface area contributed by atoms with Crippen LogP contribution in [0.25, 0.3) is 0 Å². The summed E-state index contributed by atoms with van der Waals surface area (Å²) >= 11 is 1.22. The number of nitrogens with zero attached hydrogens (tertiary/aromatic N) is 3. The predicted octanol–water partition coefficient (Wildman–Crippen LogP) is 1.07. The van der Waals surface area contributed by atoms with Gasteiger partial charge in [-0.15, -0.1) is 10.2 Å². The molecular formula is C13H19N3O4S2. The van der Waals surface area contributed by atoms with Gasteiger partial charge in [-0.1, -0.05) is 11.8 Å². The van der Waals surface area contributed by atoms with Gasteiger partial charge in [0.05, 0.1) is 16.8 Å². The molecular weight excluding hydrogens is 326 g/mol. The number of carbonyl (C=O) groups excluding carboxylic acids is 1. The zero-order chi connectivity index (χ0) is 15.9. The molecule has 0 N–H and O–H groups in total. The van der Waals surface area contributed by atoms with Crippen molar-refractivity contribution in [1.82, 2.24) is 15.1 Å². The maximum atomic E-state index is 12.4. The average molecular weight is 345 g/mol. The molecule has 0 radical (unpaired) electrons. The maximum absolute atomic E-state index is 12.4. The molecule has 9 heteroatoms. The monoisotopic (exact) mass is 345 g/mol. The summed E-state index contributed by atoms with van der Waals surface area (Å²) in [4.78, 5) is 14.0. The van der Waals surface area contributed by atoms with E-state index in [2.05, 4.69) is 10.2 Å². The van der Waals surface area contributed by atoms with Crippen LogP contribution in [-0.2, 0) is 14.6 Å². The molecule has 2 aliphatic rings. The van der Waals surface area contributed by atoms with Crippen molar-refractivity contribution in [1.29, 1.82) is 0 Å². The second-order valence-electron chi connectivity index (χ2n) is 5.95. The molecule has 122 valence electrons. The molecule has 1 aliphatic heterocycles. The van der Waals surface area contributed by atoms with Crippen LogP contribution < -0.4 is 0 Å². The molecule has 1 amide bonds. The van der Waals surface area contributed by atoms with Gasteiger partial charge in [0.25, 0.3) is 5.22 Å². The molecule has 1 aromatic heterocycles. The van der Waals surface area contributed by atoms with Gasteiger partial charge in [-0.25, -0.2) is 8.42 Å². The molecule has 22 heavy (non-hydrogen) atoms. The lowest BCUT2D eigenvalue weighted by molar-refractivity contribution is -0.130. The second kappa shape index (κ2) is 5.84. The van der Waals surface area contributed by atoms with Crippen LogP contribution in [0.1, 0.15) is 38.0 Å². The van der Waals surface area contributed by atoms with E-state index in [1.165, 1.54) is 11.8 Å². The van der Waals surface area contributed by atoms with Crippen molar-refractivity contribution in [3.05, 3.63) is 5.89 Å². The second-order valence-corrected chi connectivity index (χ2v) is 9.47. The minimum absolute atomic E-state index is 0.0546. The van der Waals surface area contributed by atoms with E-state index in [1.807, 2.05) is 0 Å². The highest BCUT2D eigenvalue weighted by Gasteiger charge is 2.35. The summed E-state index contributed by atoms with van der Waals surface area (Å²) in [6, 6.07) is -0.231. The number of carbonyl (C=O) groups is 1. The van der Waals surface area contributed by atoms with E-state index in [0.717, 1.165) is 12.8 Å². The lowest BCUT2D eigenvalue weighted by Crippen LogP contribution is -2.41. The molecule has 1 aliphatic carbocycles. The number of hydrogen-bond donors (Lipinski definition) is 0. The molecule has 0 unspecified atom stereocenters. The number of rotatable bonds is 5. The summed E-state index contributed by atoms with van der Waals surface area (Å²) < 4.78 is 28.6. The topological polar surface area (TPSA) is 93.4 Å². The van der Waals surface area contributed by atoms with Crippen molar-refractivity contribution in [2.45, 2.75) is 48.6 Å². The van der Waals surface area contributed by atoms with Gasteiger partial charge in [-0.3, -0.25) is 4.79 Å². The Hall–Kier alpha value is -1.09. The quantitative estimate of drug-likeness (QED) is 0.737. The smallest absolute Gasteiger partial charge is 0.277 e. The van der Waals surface area contributed by atoms with Gasteiger partial charge in [-0.2, -0.15) is 0 Å². The SMILES string of the molecule is C[C@@H](Sc1nnc(C2CC2)o1)C(=O)N(C)[C@H]1CCS(=O)(=O)C1. The first-order valence-corrected chi connectivity index (χ1v) is 10.0. The highest BCUT2D eigenvalue weighted by Crippen LogP contribution is 2.40. The van der Waals surface area contributed by atoms with Crippen LogP contribution in [0.3, 0.4) is 0 Å². The Morgan fingerprint density at radius 1 is 1.36 bits per heavy atom. The number of hydrogen-bond acceptors (Lipinski definition) is 7. The van der Waals surface area contributed by atoms with Crippen molar-refractivity contribution in [2.75, 3.05) is 18.6 Å². The van der Waals surface area contributed by atoms with Gasteiger partial charge in [0.15, 0.2) is 9.84 Å². The van der Waals surface area contributed by atoms with Crippen molar-refractivity contribution in [3.63, 3.8) is 0 Å². The summed E-state index contributed by atoms with van der Waals surface area (Å²) in [6.07, 6.45) is 2.67. The molecule has 1 saturated heterocycles. The molecule has 3 rings (SSSR count). The molecule has 1 aromatic rings. The number of aromatic nitrogens is 2. The predicted molar refractivity (Wildman–Crippen MR) is 81.4 cm³/mol. The summed E-state index contributed by atoms with van der Waals surface area (Å²) in [5.41, 5.74) is 0. The molecule has 1 saturated carbocycles. The van der Waals surface area contributed by atoms with Crippen molar-refractivity contribution >= 4 is 27.5 Å². The largest absolute Gasteiger partial charge is 0.416 e. The van der Waals surface area contributed by atoms with E-state index in [0.29, 0.717) is 23.5 Å². The fourth-order valence-corrected chi connectivity index (χ4v) is 5.08. The van der Waals surface area contributed by atoms with Gasteiger partial charge >= 0.3 is 0 Å². The van der Waals surface area contributed by atoms with Crippen molar-refractivity contribution < 1.29 is 17.6 Å². The third kappa shape index (κ3) is 3.45. The fraction of sp³-hybridized carbons (Fsp3) is 0.769. The molecule has 2 atom stereocenters. The van der Waals surface area contributed by atoms with Gasteiger partial charge in [0.2, 0.25) is 11.8 Å². The normalized spacial score (nSPS) is 25.1. The van der Waals surface area contributed by atoms with Crippen LogP contribution >= 0.6 is 11.8 Å². The fourth-order valence-electron chi connectivity index (χ4n) is 2.51. The zero-order valence-electron chi connectivity index (χ0n) is 12.6. The Kier molecular flexibility index (Phi) is 4.19. The molecule has 2 fully saturated rings. The first-order chi connectivity index (χ1) is 10.4. The minimum Gasteiger partial charge on any atom is -0.416 e. The van der Waals surface area contributed by atoms with Crippen LogP contribution in [0, 0.1) is 0 Å². The molecule has 2 heterocycles. The minimum atomic E-state index is -3.00. The Labute approximate surface area is 133 Å². The van der Waals surface area contributed by atoms with E-state index >= 15 is 0 Å².